The normalized spacial score (nSPS) is 11.1. The van der Waals surface area contributed by atoms with Gasteiger partial charge in [-0.2, -0.15) is 4.52 Å². The van der Waals surface area contributed by atoms with E-state index in [1.54, 1.807) is 13.2 Å². The molecule has 6 nitrogen and oxygen atoms in total. The fraction of sp³-hybridized carbons (Fsp3) is 0.214. The van der Waals surface area contributed by atoms with Crippen LogP contribution in [0.25, 0.3) is 5.65 Å². The van der Waals surface area contributed by atoms with Crippen molar-refractivity contribution in [2.45, 2.75) is 13.0 Å². The number of rotatable bonds is 4. The molecule has 108 valence electrons. The maximum absolute atomic E-state index is 12.5. The number of nitrogens with one attached hydrogen (secondary N) is 1. The Morgan fingerprint density at radius 2 is 2.29 bits per heavy atom. The Balaban J connectivity index is 2.13. The van der Waals surface area contributed by atoms with Crippen LogP contribution in [0.3, 0.4) is 0 Å². The molecule has 1 aromatic carbocycles. The Bertz CT molecular complexity index is 840. The Labute approximate surface area is 125 Å². The molecule has 0 bridgehead atoms. The number of nitrogens with zero attached hydrogens (tertiary/aromatic N) is 3. The van der Waals surface area contributed by atoms with Gasteiger partial charge in [-0.25, -0.2) is 0 Å². The summed E-state index contributed by atoms with van der Waals surface area (Å²) in [6.07, 6.45) is 1.95. The summed E-state index contributed by atoms with van der Waals surface area (Å²) in [6.45, 7) is 0.312. The molecule has 1 N–H and O–H groups in total. The summed E-state index contributed by atoms with van der Waals surface area (Å²) < 4.78 is 6.41. The second-order valence-corrected chi connectivity index (χ2v) is 5.09. The summed E-state index contributed by atoms with van der Waals surface area (Å²) in [6, 6.07) is 7.42. The van der Waals surface area contributed by atoms with E-state index in [9.17, 15) is 4.79 Å². The first-order chi connectivity index (χ1) is 10.2. The molecule has 7 heteroatoms. The van der Waals surface area contributed by atoms with Crippen LogP contribution in [0.1, 0.15) is 16.8 Å². The van der Waals surface area contributed by atoms with Crippen LogP contribution in [0.5, 0.6) is 0 Å². The lowest BCUT2D eigenvalue weighted by Crippen LogP contribution is -2.23. The molecule has 0 fully saturated rings. The zero-order chi connectivity index (χ0) is 14.8. The fourth-order valence-corrected chi connectivity index (χ4v) is 2.47. The molecular weight excluding hydrogens is 292 g/mol. The Kier molecular flexibility index (Phi) is 3.72. The van der Waals surface area contributed by atoms with Crippen LogP contribution in [-0.4, -0.2) is 26.9 Å². The molecule has 0 aliphatic heterocycles. The summed E-state index contributed by atoms with van der Waals surface area (Å²) in [7, 11) is 1.58. The van der Waals surface area contributed by atoms with Gasteiger partial charge in [0.15, 0.2) is 5.65 Å². The van der Waals surface area contributed by atoms with E-state index in [1.165, 1.54) is 10.7 Å². The molecule has 2 heterocycles. The van der Waals surface area contributed by atoms with Crippen LogP contribution < -0.4 is 5.56 Å². The number of hydrogen-bond donors (Lipinski definition) is 1. The third-order valence-corrected chi connectivity index (χ3v) is 3.44. The fourth-order valence-electron chi connectivity index (χ4n) is 2.26. The van der Waals surface area contributed by atoms with Gasteiger partial charge in [0.1, 0.15) is 0 Å². The van der Waals surface area contributed by atoms with E-state index in [0.29, 0.717) is 29.3 Å². The molecule has 0 saturated carbocycles. The van der Waals surface area contributed by atoms with E-state index in [-0.39, 0.29) is 5.56 Å². The number of halogens is 1. The molecule has 0 aliphatic rings. The number of hydrogen-bond acceptors (Lipinski definition) is 4. The van der Waals surface area contributed by atoms with Crippen molar-refractivity contribution in [2.75, 3.05) is 7.11 Å². The SMILES string of the molecule is COCc1[nH]c2cnnn2c(=O)c1Cc1cccc(Cl)c1. The summed E-state index contributed by atoms with van der Waals surface area (Å²) in [5.74, 6) is 0. The first kappa shape index (κ1) is 13.8. The van der Waals surface area contributed by atoms with Gasteiger partial charge in [0.05, 0.1) is 18.5 Å². The molecule has 0 unspecified atom stereocenters. The lowest BCUT2D eigenvalue weighted by Gasteiger charge is -2.09. The number of aromatic nitrogens is 4. The second-order valence-electron chi connectivity index (χ2n) is 4.66. The quantitative estimate of drug-likeness (QED) is 0.798. The van der Waals surface area contributed by atoms with Gasteiger partial charge in [-0.15, -0.1) is 5.10 Å². The van der Waals surface area contributed by atoms with E-state index < -0.39 is 0 Å². The van der Waals surface area contributed by atoms with Crippen molar-refractivity contribution >= 4 is 17.2 Å². The highest BCUT2D eigenvalue weighted by Crippen LogP contribution is 2.15. The minimum atomic E-state index is -0.201. The van der Waals surface area contributed by atoms with Crippen molar-refractivity contribution in [3.8, 4) is 0 Å². The standard InChI is InChI=1S/C14H13ClN4O2/c1-21-8-12-11(6-9-3-2-4-10(15)5-9)14(20)19-13(17-12)7-16-18-19/h2-5,7,17H,6,8H2,1H3. The number of ether oxygens (including phenoxy) is 1. The van der Waals surface area contributed by atoms with Crippen LogP contribution in [-0.2, 0) is 17.8 Å². The van der Waals surface area contributed by atoms with Crippen molar-refractivity contribution in [1.29, 1.82) is 0 Å². The van der Waals surface area contributed by atoms with E-state index in [4.69, 9.17) is 16.3 Å². The monoisotopic (exact) mass is 304 g/mol. The van der Waals surface area contributed by atoms with Crippen LogP contribution >= 0.6 is 11.6 Å². The molecule has 0 radical (unpaired) electrons. The van der Waals surface area contributed by atoms with Gasteiger partial charge in [0.25, 0.3) is 5.56 Å². The van der Waals surface area contributed by atoms with E-state index in [0.717, 1.165) is 11.3 Å². The topological polar surface area (TPSA) is 72.3 Å². The predicted octanol–water partition coefficient (Wildman–Crippen LogP) is 1.81. The van der Waals surface area contributed by atoms with Crippen LogP contribution in [0.15, 0.2) is 35.3 Å². The van der Waals surface area contributed by atoms with Gasteiger partial charge in [-0.3, -0.25) is 4.79 Å². The Morgan fingerprint density at radius 1 is 1.43 bits per heavy atom. The second kappa shape index (κ2) is 5.67. The van der Waals surface area contributed by atoms with Gasteiger partial charge in [-0.05, 0) is 17.7 Å². The molecule has 3 aromatic rings. The minimum absolute atomic E-state index is 0.201. The first-order valence-electron chi connectivity index (χ1n) is 6.37. The van der Waals surface area contributed by atoms with Crippen LogP contribution in [0.4, 0.5) is 0 Å². The Morgan fingerprint density at radius 3 is 3.05 bits per heavy atom. The highest BCUT2D eigenvalue weighted by molar-refractivity contribution is 6.30. The van der Waals surface area contributed by atoms with Gasteiger partial charge in [-0.1, -0.05) is 28.9 Å². The lowest BCUT2D eigenvalue weighted by molar-refractivity contribution is 0.180. The number of benzene rings is 1. The van der Waals surface area contributed by atoms with Crippen LogP contribution in [0, 0.1) is 0 Å². The van der Waals surface area contributed by atoms with Crippen LogP contribution in [0.2, 0.25) is 5.02 Å². The van der Waals surface area contributed by atoms with Crippen molar-refractivity contribution in [2.24, 2.45) is 0 Å². The zero-order valence-electron chi connectivity index (χ0n) is 11.3. The average molecular weight is 305 g/mol. The third kappa shape index (κ3) is 2.68. The average Bonchev–Trinajstić information content (AvgIpc) is 2.92. The number of methoxy groups -OCH3 is 1. The van der Waals surface area contributed by atoms with E-state index in [2.05, 4.69) is 15.3 Å². The summed E-state index contributed by atoms with van der Waals surface area (Å²) in [5.41, 5.74) is 2.61. The van der Waals surface area contributed by atoms with E-state index >= 15 is 0 Å². The maximum Gasteiger partial charge on any atom is 0.279 e. The molecule has 0 atom stereocenters. The largest absolute Gasteiger partial charge is 0.378 e. The van der Waals surface area contributed by atoms with Gasteiger partial charge in [0, 0.05) is 24.1 Å². The smallest absolute Gasteiger partial charge is 0.279 e. The van der Waals surface area contributed by atoms with Crippen molar-refractivity contribution in [3.05, 3.63) is 62.7 Å². The molecule has 0 spiro atoms. The lowest BCUT2D eigenvalue weighted by atomic mass is 10.0. The first-order valence-corrected chi connectivity index (χ1v) is 6.74. The number of aromatic amines is 1. The molecule has 2 aromatic heterocycles. The number of H-pyrrole nitrogens is 1. The highest BCUT2D eigenvalue weighted by Gasteiger charge is 2.13. The van der Waals surface area contributed by atoms with Crippen molar-refractivity contribution in [3.63, 3.8) is 0 Å². The highest BCUT2D eigenvalue weighted by atomic mass is 35.5. The van der Waals surface area contributed by atoms with Crippen molar-refractivity contribution in [1.82, 2.24) is 19.8 Å². The summed E-state index contributed by atoms with van der Waals surface area (Å²) >= 11 is 5.99. The van der Waals surface area contributed by atoms with Gasteiger partial charge >= 0.3 is 0 Å². The molecule has 21 heavy (non-hydrogen) atoms. The minimum Gasteiger partial charge on any atom is -0.378 e. The zero-order valence-corrected chi connectivity index (χ0v) is 12.1. The molecule has 3 rings (SSSR count). The molecule has 0 aliphatic carbocycles. The third-order valence-electron chi connectivity index (χ3n) is 3.20. The summed E-state index contributed by atoms with van der Waals surface area (Å²) in [5, 5.41) is 8.18. The van der Waals surface area contributed by atoms with Crippen molar-refractivity contribution < 1.29 is 4.74 Å². The summed E-state index contributed by atoms with van der Waals surface area (Å²) in [4.78, 5) is 15.7. The molecule has 0 saturated heterocycles. The van der Waals surface area contributed by atoms with Gasteiger partial charge in [0.2, 0.25) is 0 Å². The number of fused-ring (bicyclic) bond motifs is 1. The maximum atomic E-state index is 12.5. The Hall–Kier alpha value is -2.18. The van der Waals surface area contributed by atoms with Gasteiger partial charge < -0.3 is 9.72 Å². The molecule has 0 amide bonds. The molecular formula is C14H13ClN4O2. The van der Waals surface area contributed by atoms with E-state index in [1.807, 2.05) is 18.2 Å². The predicted molar refractivity (Wildman–Crippen MR) is 78.6 cm³/mol.